The molecule has 15 nitrogen and oxygen atoms in total. The van der Waals surface area contributed by atoms with E-state index in [4.69, 9.17) is 0 Å². The van der Waals surface area contributed by atoms with Gasteiger partial charge in [-0.15, -0.1) is 10.2 Å². The van der Waals surface area contributed by atoms with Gasteiger partial charge in [-0.1, -0.05) is 18.2 Å². The van der Waals surface area contributed by atoms with Gasteiger partial charge in [0, 0.05) is 76.9 Å². The summed E-state index contributed by atoms with van der Waals surface area (Å²) >= 11 is 0. The van der Waals surface area contributed by atoms with E-state index in [0.29, 0.717) is 54.3 Å². The number of fused-ring (bicyclic) bond motifs is 4. The van der Waals surface area contributed by atoms with Crippen LogP contribution in [-0.4, -0.2) is 161 Å². The molecule has 3 N–H and O–H groups in total. The average molecular weight is 767 g/mol. The molecule has 56 heavy (non-hydrogen) atoms. The van der Waals surface area contributed by atoms with Crippen molar-refractivity contribution in [2.24, 2.45) is 0 Å². The number of anilines is 3. The Bertz CT molecular complexity index is 2040. The number of carbonyl (C=O) groups excluding carboxylic acids is 4. The number of para-hydroxylation sites is 1. The summed E-state index contributed by atoms with van der Waals surface area (Å²) in [6.45, 7) is 9.04. The molecule has 6 aliphatic heterocycles. The molecule has 4 fully saturated rings. The lowest BCUT2D eigenvalue weighted by Gasteiger charge is -2.49. The summed E-state index contributed by atoms with van der Waals surface area (Å²) in [5.41, 5.74) is 3.56. The van der Waals surface area contributed by atoms with Crippen molar-refractivity contribution < 1.29 is 28.7 Å². The number of alkyl halides is 1. The number of benzene rings is 2. The summed E-state index contributed by atoms with van der Waals surface area (Å²) in [5, 5.41) is 24.8. The summed E-state index contributed by atoms with van der Waals surface area (Å²) in [4.78, 5) is 63.6. The van der Waals surface area contributed by atoms with Crippen LogP contribution < -0.4 is 20.4 Å². The largest absolute Gasteiger partial charge is 0.507 e. The normalized spacial score (nSPS) is 26.1. The number of phenolic OH excluding ortho intramolecular Hbond substituents is 1. The highest BCUT2D eigenvalue weighted by Crippen LogP contribution is 2.38. The second kappa shape index (κ2) is 15.0. The lowest BCUT2D eigenvalue weighted by atomic mass is 9.97. The van der Waals surface area contributed by atoms with E-state index in [-0.39, 0.29) is 30.7 Å². The number of hydrogen-bond donors (Lipinski definition) is 3. The van der Waals surface area contributed by atoms with Gasteiger partial charge in [-0.05, 0) is 69.2 Å². The first-order valence-corrected chi connectivity index (χ1v) is 19.8. The number of amides is 4. The number of nitrogens with one attached hydrogen (secondary N) is 2. The fourth-order valence-corrected chi connectivity index (χ4v) is 9.50. The summed E-state index contributed by atoms with van der Waals surface area (Å²) < 4.78 is 15.9. The molecule has 294 valence electrons. The van der Waals surface area contributed by atoms with Crippen molar-refractivity contribution in [2.75, 3.05) is 93.7 Å². The summed E-state index contributed by atoms with van der Waals surface area (Å²) in [6, 6.07) is 13.5. The van der Waals surface area contributed by atoms with Crippen LogP contribution in [0.3, 0.4) is 0 Å². The Hall–Kier alpha value is -5.19. The van der Waals surface area contributed by atoms with Crippen molar-refractivity contribution in [2.45, 2.75) is 50.0 Å². The van der Waals surface area contributed by atoms with Crippen LogP contribution in [-0.2, 0) is 9.59 Å². The molecule has 4 atom stereocenters. The van der Waals surface area contributed by atoms with Crippen molar-refractivity contribution in [3.05, 3.63) is 59.7 Å². The molecule has 0 aliphatic carbocycles. The van der Waals surface area contributed by atoms with Gasteiger partial charge in [0.2, 0.25) is 11.8 Å². The Morgan fingerprint density at radius 1 is 0.804 bits per heavy atom. The number of phenols is 1. The molecule has 7 heterocycles. The first-order chi connectivity index (χ1) is 27.2. The molecule has 1 aromatic heterocycles. The number of aromatic hydroxyl groups is 1. The highest BCUT2D eigenvalue weighted by molar-refractivity contribution is 6.25. The SMILES string of the molecule is O=C1CCC(N2C(=O)c3cccc(N4CCN(CCCN5CCC(N6CCN7c8cc(-c9ccccc9O)nnc8NC[C@H]7C6)C(F)C5)CC4)c3C2=O)C(=O)N1. The third kappa shape index (κ3) is 6.72. The summed E-state index contributed by atoms with van der Waals surface area (Å²) in [5.74, 6) is -1.08. The van der Waals surface area contributed by atoms with Crippen LogP contribution in [0.25, 0.3) is 11.3 Å². The van der Waals surface area contributed by atoms with E-state index in [9.17, 15) is 24.3 Å². The second-order valence-electron chi connectivity index (χ2n) is 15.7. The minimum absolute atomic E-state index is 0.0834. The van der Waals surface area contributed by atoms with Crippen LogP contribution in [0, 0.1) is 0 Å². The lowest BCUT2D eigenvalue weighted by Crippen LogP contribution is -2.63. The first-order valence-electron chi connectivity index (χ1n) is 19.8. The molecule has 3 aromatic rings. The number of piperazine rings is 2. The van der Waals surface area contributed by atoms with Crippen LogP contribution in [0.1, 0.15) is 46.4 Å². The van der Waals surface area contributed by atoms with Crippen LogP contribution in [0.2, 0.25) is 0 Å². The number of carbonyl (C=O) groups is 4. The number of hydrogen-bond acceptors (Lipinski definition) is 13. The number of imide groups is 2. The Morgan fingerprint density at radius 3 is 2.41 bits per heavy atom. The molecule has 9 rings (SSSR count). The highest BCUT2D eigenvalue weighted by atomic mass is 19.1. The zero-order valence-electron chi connectivity index (χ0n) is 31.3. The number of piperidine rings is 2. The van der Waals surface area contributed by atoms with Crippen LogP contribution in [0.5, 0.6) is 5.75 Å². The van der Waals surface area contributed by atoms with E-state index in [2.05, 4.69) is 45.3 Å². The van der Waals surface area contributed by atoms with Gasteiger partial charge in [-0.2, -0.15) is 0 Å². The van der Waals surface area contributed by atoms with Crippen molar-refractivity contribution in [3.63, 3.8) is 0 Å². The molecule has 0 spiro atoms. The third-order valence-electron chi connectivity index (χ3n) is 12.5. The van der Waals surface area contributed by atoms with Crippen LogP contribution in [0.4, 0.5) is 21.6 Å². The van der Waals surface area contributed by atoms with E-state index in [0.717, 1.165) is 81.6 Å². The van der Waals surface area contributed by atoms with E-state index in [1.165, 1.54) is 0 Å². The molecule has 0 saturated carbocycles. The van der Waals surface area contributed by atoms with E-state index in [1.807, 2.05) is 24.3 Å². The standard InChI is InChI=1S/C40H47FN10O5/c41-28-24-47(14-11-30(28)49-19-20-50-25(23-49)22-42-37-33(50)21-29(44-45-37)26-5-1-2-8-34(26)52)13-4-12-46-15-17-48(18-16-46)31-7-3-6-27-36(31)40(56)51(39(27)55)32-9-10-35(53)43-38(32)54/h1-3,5-8,21,25,28,30,32,52H,4,9-20,22-24H2,(H,42,45)(H,43,53,54)/t25-,28?,30?,32?/m0/s1. The second-order valence-corrected chi connectivity index (χ2v) is 15.7. The van der Waals surface area contributed by atoms with Gasteiger partial charge in [0.25, 0.3) is 11.8 Å². The minimum atomic E-state index is -0.990. The van der Waals surface area contributed by atoms with Crippen molar-refractivity contribution >= 4 is 40.8 Å². The molecular weight excluding hydrogens is 720 g/mol. The predicted octanol–water partition coefficient (Wildman–Crippen LogP) is 1.79. The van der Waals surface area contributed by atoms with Gasteiger partial charge in [0.15, 0.2) is 5.82 Å². The van der Waals surface area contributed by atoms with Crippen molar-refractivity contribution in [1.29, 1.82) is 0 Å². The van der Waals surface area contributed by atoms with E-state index in [1.54, 1.807) is 24.3 Å². The summed E-state index contributed by atoms with van der Waals surface area (Å²) in [7, 11) is 0. The zero-order valence-corrected chi connectivity index (χ0v) is 31.3. The van der Waals surface area contributed by atoms with Gasteiger partial charge >= 0.3 is 0 Å². The van der Waals surface area contributed by atoms with Crippen LogP contribution in [0.15, 0.2) is 48.5 Å². The molecule has 4 amide bonds. The van der Waals surface area contributed by atoms with Gasteiger partial charge in [-0.25, -0.2) is 4.39 Å². The smallest absolute Gasteiger partial charge is 0.264 e. The number of aromatic nitrogens is 2. The van der Waals surface area contributed by atoms with Gasteiger partial charge < -0.3 is 25.1 Å². The molecule has 6 aliphatic rings. The minimum Gasteiger partial charge on any atom is -0.507 e. The highest BCUT2D eigenvalue weighted by Gasteiger charge is 2.46. The Morgan fingerprint density at radius 2 is 1.61 bits per heavy atom. The average Bonchev–Trinajstić information content (AvgIpc) is 3.46. The monoisotopic (exact) mass is 766 g/mol. The molecular formula is C40H47FN10O5. The van der Waals surface area contributed by atoms with Crippen LogP contribution >= 0.6 is 0 Å². The number of rotatable bonds is 8. The molecule has 0 radical (unpaired) electrons. The first kappa shape index (κ1) is 36.4. The zero-order chi connectivity index (χ0) is 38.5. The molecule has 16 heteroatoms. The molecule has 4 saturated heterocycles. The number of halogens is 1. The Balaban J connectivity index is 0.737. The van der Waals surface area contributed by atoms with Gasteiger partial charge in [0.05, 0.1) is 34.2 Å². The Kier molecular flexibility index (Phi) is 9.79. The van der Waals surface area contributed by atoms with Gasteiger partial charge in [0.1, 0.15) is 18.0 Å². The maximum absolute atomic E-state index is 15.9. The molecule has 3 unspecified atom stereocenters. The molecule has 0 bridgehead atoms. The topological polar surface area (TPSA) is 158 Å². The Labute approximate surface area is 324 Å². The van der Waals surface area contributed by atoms with Gasteiger partial charge in [-0.3, -0.25) is 39.2 Å². The third-order valence-corrected chi connectivity index (χ3v) is 12.5. The number of nitrogens with zero attached hydrogens (tertiary/aromatic N) is 8. The number of likely N-dealkylation sites (tertiary alicyclic amines) is 1. The maximum Gasteiger partial charge on any atom is 0.264 e. The van der Waals surface area contributed by atoms with E-state index < -0.39 is 35.8 Å². The van der Waals surface area contributed by atoms with E-state index >= 15 is 4.39 Å². The molecule has 2 aromatic carbocycles. The lowest BCUT2D eigenvalue weighted by molar-refractivity contribution is -0.136. The maximum atomic E-state index is 15.9. The van der Waals surface area contributed by atoms with Crippen molar-refractivity contribution in [1.82, 2.24) is 35.1 Å². The predicted molar refractivity (Wildman–Crippen MR) is 206 cm³/mol. The fraction of sp³-hybridized carbons (Fsp3) is 0.500. The summed E-state index contributed by atoms with van der Waals surface area (Å²) in [6.07, 6.45) is 1.02. The van der Waals surface area contributed by atoms with Crippen molar-refractivity contribution in [3.8, 4) is 17.0 Å². The quantitative estimate of drug-likeness (QED) is 0.286. The fourth-order valence-electron chi connectivity index (χ4n) is 9.50.